The van der Waals surface area contributed by atoms with Gasteiger partial charge in [-0.05, 0) is 35.1 Å². The molecule has 0 saturated heterocycles. The number of hydrogen-bond acceptors (Lipinski definition) is 4. The van der Waals surface area contributed by atoms with E-state index in [1.807, 2.05) is 37.4 Å². The first kappa shape index (κ1) is 18.3. The van der Waals surface area contributed by atoms with Crippen molar-refractivity contribution in [2.45, 2.75) is 19.3 Å². The topological polar surface area (TPSA) is 51.2 Å². The van der Waals surface area contributed by atoms with E-state index in [1.54, 1.807) is 11.3 Å². The van der Waals surface area contributed by atoms with Gasteiger partial charge in [-0.3, -0.25) is 0 Å². The van der Waals surface area contributed by atoms with Gasteiger partial charge in [-0.25, -0.2) is 9.78 Å². The normalized spacial score (nSPS) is 11.9. The van der Waals surface area contributed by atoms with Crippen LogP contribution in [0.1, 0.15) is 33.4 Å². The second-order valence-electron chi connectivity index (χ2n) is 6.58. The summed E-state index contributed by atoms with van der Waals surface area (Å²) in [5.41, 5.74) is 4.86. The van der Waals surface area contributed by atoms with Crippen molar-refractivity contribution in [1.29, 1.82) is 0 Å². The fourth-order valence-corrected chi connectivity index (χ4v) is 4.07. The lowest BCUT2D eigenvalue weighted by Gasteiger charge is -2.14. The van der Waals surface area contributed by atoms with Crippen molar-refractivity contribution in [3.63, 3.8) is 0 Å². The summed E-state index contributed by atoms with van der Waals surface area (Å²) in [7, 11) is 0. The number of amides is 1. The molecule has 0 radical (unpaired) electrons. The highest BCUT2D eigenvalue weighted by Gasteiger charge is 2.28. The second kappa shape index (κ2) is 8.28. The van der Waals surface area contributed by atoms with Crippen LogP contribution in [-0.2, 0) is 4.74 Å². The number of carbonyl (C=O) groups excluding carboxylic acids is 1. The minimum absolute atomic E-state index is 0.0751. The molecule has 0 saturated carbocycles. The van der Waals surface area contributed by atoms with E-state index in [0.717, 1.165) is 9.88 Å². The van der Waals surface area contributed by atoms with Crippen LogP contribution < -0.4 is 5.32 Å². The highest BCUT2D eigenvalue weighted by Crippen LogP contribution is 2.44. The smallest absolute Gasteiger partial charge is 0.407 e. The van der Waals surface area contributed by atoms with Gasteiger partial charge >= 0.3 is 6.09 Å². The summed E-state index contributed by atoms with van der Waals surface area (Å²) in [6, 6.07) is 16.6. The summed E-state index contributed by atoms with van der Waals surface area (Å²) >= 11 is 1.57. The fourth-order valence-electron chi connectivity index (χ4n) is 3.43. The molecule has 0 atom stereocenters. The van der Waals surface area contributed by atoms with E-state index < -0.39 is 6.09 Å². The zero-order chi connectivity index (χ0) is 19.3. The van der Waals surface area contributed by atoms with E-state index in [9.17, 15) is 4.79 Å². The molecule has 0 spiro atoms. The van der Waals surface area contributed by atoms with Crippen LogP contribution in [0.2, 0.25) is 0 Å². The summed E-state index contributed by atoms with van der Waals surface area (Å²) in [6.07, 6.45) is 1.96. The van der Waals surface area contributed by atoms with Gasteiger partial charge < -0.3 is 10.1 Å². The Morgan fingerprint density at radius 2 is 1.82 bits per heavy atom. The fraction of sp³-hybridized carbons (Fsp3) is 0.217. The van der Waals surface area contributed by atoms with Gasteiger partial charge in [-0.1, -0.05) is 54.5 Å². The molecule has 1 amide bonds. The lowest BCUT2D eigenvalue weighted by atomic mass is 9.98. The first-order valence-corrected chi connectivity index (χ1v) is 10.0. The van der Waals surface area contributed by atoms with Crippen LogP contribution in [0.15, 0.2) is 54.7 Å². The zero-order valence-electron chi connectivity index (χ0n) is 15.6. The number of ether oxygens (including phenoxy) is 1. The molecule has 1 N–H and O–H groups in total. The van der Waals surface area contributed by atoms with Crippen molar-refractivity contribution in [3.8, 4) is 23.0 Å². The Balaban J connectivity index is 1.30. The predicted octanol–water partition coefficient (Wildman–Crippen LogP) is 4.73. The largest absolute Gasteiger partial charge is 0.449 e. The lowest BCUT2D eigenvalue weighted by Crippen LogP contribution is -2.26. The van der Waals surface area contributed by atoms with Crippen LogP contribution in [0.3, 0.4) is 0 Å². The predicted molar refractivity (Wildman–Crippen MR) is 111 cm³/mol. The summed E-state index contributed by atoms with van der Waals surface area (Å²) in [4.78, 5) is 17.4. The molecule has 3 aromatic rings. The quantitative estimate of drug-likeness (QED) is 0.519. The Morgan fingerprint density at radius 1 is 1.14 bits per heavy atom. The number of hydrogen-bond donors (Lipinski definition) is 1. The van der Waals surface area contributed by atoms with Gasteiger partial charge in [-0.15, -0.1) is 11.3 Å². The Morgan fingerprint density at radius 3 is 2.46 bits per heavy atom. The van der Waals surface area contributed by atoms with Gasteiger partial charge in [0.05, 0.1) is 0 Å². The number of aryl methyl sites for hydroxylation is 1. The molecule has 2 aromatic carbocycles. The van der Waals surface area contributed by atoms with E-state index in [4.69, 9.17) is 4.74 Å². The Bertz CT molecular complexity index is 1020. The molecule has 1 aliphatic carbocycles. The van der Waals surface area contributed by atoms with E-state index in [2.05, 4.69) is 46.4 Å². The van der Waals surface area contributed by atoms with Gasteiger partial charge in [0.25, 0.3) is 0 Å². The second-order valence-corrected chi connectivity index (χ2v) is 7.81. The highest BCUT2D eigenvalue weighted by atomic mass is 32.1. The Kier molecular flexibility index (Phi) is 5.41. The maximum absolute atomic E-state index is 12.1. The van der Waals surface area contributed by atoms with Crippen molar-refractivity contribution in [1.82, 2.24) is 10.3 Å². The molecule has 0 aliphatic heterocycles. The molecule has 4 rings (SSSR count). The monoisotopic (exact) mass is 388 g/mol. The number of thiazole rings is 1. The summed E-state index contributed by atoms with van der Waals surface area (Å²) < 4.78 is 5.50. The molecule has 0 bridgehead atoms. The van der Waals surface area contributed by atoms with Gasteiger partial charge in [-0.2, -0.15) is 0 Å². The van der Waals surface area contributed by atoms with Crippen LogP contribution in [0.5, 0.6) is 0 Å². The molecule has 0 unspecified atom stereocenters. The molecule has 140 valence electrons. The van der Waals surface area contributed by atoms with E-state index in [0.29, 0.717) is 19.6 Å². The number of nitrogens with zero attached hydrogens (tertiary/aromatic N) is 1. The molecule has 28 heavy (non-hydrogen) atoms. The van der Waals surface area contributed by atoms with Crippen LogP contribution >= 0.6 is 11.3 Å². The average molecular weight is 388 g/mol. The third-order valence-corrected chi connectivity index (χ3v) is 5.51. The molecule has 5 heteroatoms. The van der Waals surface area contributed by atoms with Crippen molar-refractivity contribution in [2.24, 2.45) is 0 Å². The standard InChI is InChI=1S/C23H20N2O2S/c1-16-14-25-22(28-16)12-6-7-13-24-23(26)27-15-21-19-10-4-2-8-17(19)18-9-3-5-11-20(18)21/h2-5,8-11,14,21H,7,13,15H2,1H3,(H,24,26). The Labute approximate surface area is 168 Å². The maximum Gasteiger partial charge on any atom is 0.407 e. The number of aromatic nitrogens is 1. The van der Waals surface area contributed by atoms with E-state index in [1.165, 1.54) is 22.3 Å². The van der Waals surface area contributed by atoms with Gasteiger partial charge in [0, 0.05) is 30.0 Å². The molecule has 0 fully saturated rings. The minimum atomic E-state index is -0.409. The Hall–Kier alpha value is -3.10. The first-order valence-electron chi connectivity index (χ1n) is 9.22. The molecular formula is C23H20N2O2S. The average Bonchev–Trinajstić information content (AvgIpc) is 3.27. The van der Waals surface area contributed by atoms with Crippen molar-refractivity contribution in [3.05, 3.63) is 75.7 Å². The van der Waals surface area contributed by atoms with Gasteiger partial charge in [0.15, 0.2) is 5.01 Å². The summed E-state index contributed by atoms with van der Waals surface area (Å²) in [5, 5.41) is 3.57. The molecule has 1 aromatic heterocycles. The van der Waals surface area contributed by atoms with Crippen LogP contribution in [-0.4, -0.2) is 24.2 Å². The third kappa shape index (κ3) is 3.92. The molecule has 1 heterocycles. The SMILES string of the molecule is Cc1cnc(C#CCCNC(=O)OCC2c3ccccc3-c3ccccc32)s1. The number of carbonyl (C=O) groups is 1. The molecular weight excluding hydrogens is 368 g/mol. The highest BCUT2D eigenvalue weighted by molar-refractivity contribution is 7.12. The summed E-state index contributed by atoms with van der Waals surface area (Å²) in [6.45, 7) is 2.78. The number of fused-ring (bicyclic) bond motifs is 3. The van der Waals surface area contributed by atoms with Crippen LogP contribution in [0, 0.1) is 18.8 Å². The van der Waals surface area contributed by atoms with E-state index >= 15 is 0 Å². The van der Waals surface area contributed by atoms with Crippen molar-refractivity contribution < 1.29 is 9.53 Å². The first-order chi connectivity index (χ1) is 13.7. The number of alkyl carbamates (subject to hydrolysis) is 1. The summed E-state index contributed by atoms with van der Waals surface area (Å²) in [5.74, 6) is 6.10. The molecule has 4 nitrogen and oxygen atoms in total. The van der Waals surface area contributed by atoms with Crippen LogP contribution in [0.4, 0.5) is 4.79 Å². The van der Waals surface area contributed by atoms with Crippen molar-refractivity contribution in [2.75, 3.05) is 13.2 Å². The van der Waals surface area contributed by atoms with Crippen molar-refractivity contribution >= 4 is 17.4 Å². The molecule has 1 aliphatic rings. The number of nitrogens with one attached hydrogen (secondary N) is 1. The number of benzene rings is 2. The number of rotatable bonds is 4. The van der Waals surface area contributed by atoms with E-state index in [-0.39, 0.29) is 5.92 Å². The third-order valence-electron chi connectivity index (χ3n) is 4.68. The lowest BCUT2D eigenvalue weighted by molar-refractivity contribution is 0.143. The van der Waals surface area contributed by atoms with Crippen LogP contribution in [0.25, 0.3) is 11.1 Å². The zero-order valence-corrected chi connectivity index (χ0v) is 16.4. The van der Waals surface area contributed by atoms with Gasteiger partial charge in [0.1, 0.15) is 6.61 Å². The minimum Gasteiger partial charge on any atom is -0.449 e. The maximum atomic E-state index is 12.1. The van der Waals surface area contributed by atoms with Gasteiger partial charge in [0.2, 0.25) is 0 Å².